The Hall–Kier alpha value is -0.640. The van der Waals surface area contributed by atoms with Crippen molar-refractivity contribution in [2.24, 2.45) is 28.6 Å². The van der Waals surface area contributed by atoms with E-state index in [2.05, 4.69) is 13.8 Å². The van der Waals surface area contributed by atoms with Gasteiger partial charge >= 0.3 is 0 Å². The highest BCUT2D eigenvalue weighted by molar-refractivity contribution is 6.45. The number of carbonyl (C=O) groups excluding carboxylic acids is 1. The van der Waals surface area contributed by atoms with Crippen LogP contribution in [0.4, 0.5) is 0 Å². The number of hydrogen-bond acceptors (Lipinski definition) is 3. The Balaban J connectivity index is 1.78. The van der Waals surface area contributed by atoms with Gasteiger partial charge in [0.2, 0.25) is 0 Å². The van der Waals surface area contributed by atoms with Crippen LogP contribution in [-0.2, 0) is 4.79 Å². The van der Waals surface area contributed by atoms with Crippen LogP contribution in [0.3, 0.4) is 0 Å². The van der Waals surface area contributed by atoms with Gasteiger partial charge in [0.1, 0.15) is 0 Å². The number of aliphatic hydroxyl groups is 2. The second-order valence-electron chi connectivity index (χ2n) is 9.10. The number of fused-ring (bicyclic) bond motifs is 5. The maximum atomic E-state index is 12.0. The first kappa shape index (κ1) is 16.8. The number of ketones is 1. The average molecular weight is 351 g/mol. The summed E-state index contributed by atoms with van der Waals surface area (Å²) in [5, 5.41) is 22.0. The Morgan fingerprint density at radius 1 is 1.17 bits per heavy atom. The van der Waals surface area contributed by atoms with E-state index in [9.17, 15) is 15.0 Å². The van der Waals surface area contributed by atoms with Gasteiger partial charge < -0.3 is 10.2 Å². The molecule has 0 radical (unpaired) electrons. The molecule has 0 aromatic heterocycles. The van der Waals surface area contributed by atoms with Crippen molar-refractivity contribution < 1.29 is 15.0 Å². The highest BCUT2D eigenvalue weighted by Crippen LogP contribution is 2.67. The summed E-state index contributed by atoms with van der Waals surface area (Å²) in [4.78, 5) is 12.0. The van der Waals surface area contributed by atoms with Crippen LogP contribution in [0, 0.1) is 28.6 Å². The van der Waals surface area contributed by atoms with Crippen LogP contribution in [0.15, 0.2) is 22.8 Å². The normalized spacial score (nSPS) is 53.7. The van der Waals surface area contributed by atoms with Crippen LogP contribution in [0.5, 0.6) is 0 Å². The third-order valence-corrected chi connectivity index (χ3v) is 8.60. The minimum Gasteiger partial charge on any atom is -0.390 e. The van der Waals surface area contributed by atoms with E-state index in [4.69, 9.17) is 11.6 Å². The molecule has 0 aromatic rings. The van der Waals surface area contributed by atoms with Gasteiger partial charge in [-0.05, 0) is 73.8 Å². The van der Waals surface area contributed by atoms with Crippen LogP contribution >= 0.6 is 11.6 Å². The summed E-state index contributed by atoms with van der Waals surface area (Å²) in [6, 6.07) is 0. The molecule has 24 heavy (non-hydrogen) atoms. The first-order valence-electron chi connectivity index (χ1n) is 9.16. The molecule has 2 N–H and O–H groups in total. The number of halogens is 1. The van der Waals surface area contributed by atoms with Crippen LogP contribution in [0.1, 0.15) is 52.9 Å². The number of allylic oxidation sites excluding steroid dienone is 3. The van der Waals surface area contributed by atoms with Gasteiger partial charge in [-0.1, -0.05) is 31.5 Å². The number of aliphatic hydroxyl groups excluding tert-OH is 1. The van der Waals surface area contributed by atoms with Gasteiger partial charge in [-0.15, -0.1) is 0 Å². The van der Waals surface area contributed by atoms with E-state index < -0.39 is 11.7 Å². The van der Waals surface area contributed by atoms with E-state index in [1.54, 1.807) is 6.08 Å². The third-order valence-electron chi connectivity index (χ3n) is 8.21. The van der Waals surface area contributed by atoms with Crippen LogP contribution < -0.4 is 0 Å². The maximum Gasteiger partial charge on any atom is 0.196 e. The fourth-order valence-corrected chi connectivity index (χ4v) is 6.98. The molecule has 0 amide bonds. The highest BCUT2D eigenvalue weighted by Gasteiger charge is 2.63. The quantitative estimate of drug-likeness (QED) is 0.702. The van der Waals surface area contributed by atoms with Gasteiger partial charge in [0, 0.05) is 5.41 Å². The maximum absolute atomic E-state index is 12.0. The van der Waals surface area contributed by atoms with Crippen LogP contribution in [0.2, 0.25) is 0 Å². The van der Waals surface area contributed by atoms with Crippen molar-refractivity contribution in [1.29, 1.82) is 0 Å². The Labute approximate surface area is 148 Å². The monoisotopic (exact) mass is 350 g/mol. The molecule has 0 saturated heterocycles. The van der Waals surface area contributed by atoms with Crippen LogP contribution in [0.25, 0.3) is 0 Å². The summed E-state index contributed by atoms with van der Waals surface area (Å²) < 4.78 is 0. The molecular formula is C20H27ClO3. The van der Waals surface area contributed by atoms with Gasteiger partial charge in [0.05, 0.1) is 16.7 Å². The van der Waals surface area contributed by atoms with E-state index in [1.165, 1.54) is 0 Å². The zero-order valence-corrected chi connectivity index (χ0v) is 15.4. The SMILES string of the molecule is CC12C=CC(=O)C(Cl)=C1C(O)CC1C2CCC2(C)C1CCC2(C)O. The average Bonchev–Trinajstić information content (AvgIpc) is 2.74. The molecule has 3 fully saturated rings. The summed E-state index contributed by atoms with van der Waals surface area (Å²) in [7, 11) is 0. The fraction of sp³-hybridized carbons (Fsp3) is 0.750. The second-order valence-corrected chi connectivity index (χ2v) is 9.48. The number of carbonyl (C=O) groups is 1. The van der Waals surface area contributed by atoms with Crippen molar-refractivity contribution in [3.63, 3.8) is 0 Å². The minimum absolute atomic E-state index is 0.0799. The van der Waals surface area contributed by atoms with Crippen molar-refractivity contribution in [2.75, 3.05) is 0 Å². The third kappa shape index (κ3) is 1.89. The van der Waals surface area contributed by atoms with Gasteiger partial charge in [-0.2, -0.15) is 0 Å². The summed E-state index contributed by atoms with van der Waals surface area (Å²) in [6.45, 7) is 6.34. The molecule has 4 aliphatic rings. The van der Waals surface area contributed by atoms with Crippen molar-refractivity contribution in [3.05, 3.63) is 22.8 Å². The Morgan fingerprint density at radius 2 is 1.83 bits per heavy atom. The van der Waals surface area contributed by atoms with E-state index >= 15 is 0 Å². The molecule has 3 nitrogen and oxygen atoms in total. The van der Waals surface area contributed by atoms with Gasteiger partial charge in [-0.25, -0.2) is 0 Å². The summed E-state index contributed by atoms with van der Waals surface area (Å²) in [6.07, 6.45) is 7.40. The smallest absolute Gasteiger partial charge is 0.196 e. The summed E-state index contributed by atoms with van der Waals surface area (Å²) in [5.41, 5.74) is -0.320. The standard InChI is InChI=1S/C20H27ClO3/c1-18-7-6-14(22)17(21)16(18)15(23)10-11-12(18)4-8-19(2)13(11)5-9-20(19,3)24/h6-7,11-13,15,23-24H,4-5,8-10H2,1-3H3. The first-order valence-corrected chi connectivity index (χ1v) is 9.54. The molecule has 4 aliphatic carbocycles. The second kappa shape index (κ2) is 4.96. The molecule has 0 bridgehead atoms. The molecule has 0 heterocycles. The van der Waals surface area contributed by atoms with Gasteiger partial charge in [0.25, 0.3) is 0 Å². The van der Waals surface area contributed by atoms with Crippen LogP contribution in [-0.4, -0.2) is 27.7 Å². The summed E-state index contributed by atoms with van der Waals surface area (Å²) in [5.74, 6) is 0.972. The van der Waals surface area contributed by atoms with Gasteiger partial charge in [-0.3, -0.25) is 4.79 Å². The largest absolute Gasteiger partial charge is 0.390 e. The lowest BCUT2D eigenvalue weighted by molar-refractivity contribution is -0.122. The van der Waals surface area contributed by atoms with Crippen molar-refractivity contribution in [2.45, 2.75) is 64.6 Å². The van der Waals surface area contributed by atoms with E-state index in [-0.39, 0.29) is 21.6 Å². The molecule has 7 atom stereocenters. The molecule has 0 spiro atoms. The van der Waals surface area contributed by atoms with E-state index in [0.29, 0.717) is 24.2 Å². The minimum atomic E-state index is -0.662. The first-order chi connectivity index (χ1) is 11.1. The number of rotatable bonds is 0. The zero-order valence-electron chi connectivity index (χ0n) is 14.7. The lowest BCUT2D eigenvalue weighted by atomic mass is 9.47. The van der Waals surface area contributed by atoms with Gasteiger partial charge in [0.15, 0.2) is 5.78 Å². The zero-order chi connectivity index (χ0) is 17.5. The molecule has 132 valence electrons. The Morgan fingerprint density at radius 3 is 2.54 bits per heavy atom. The molecule has 4 heteroatoms. The van der Waals surface area contributed by atoms with Crippen molar-refractivity contribution in [1.82, 2.24) is 0 Å². The lowest BCUT2D eigenvalue weighted by Crippen LogP contribution is -2.55. The van der Waals surface area contributed by atoms with Crippen molar-refractivity contribution >= 4 is 17.4 Å². The van der Waals surface area contributed by atoms with E-state index in [1.807, 2.05) is 13.0 Å². The molecule has 3 saturated carbocycles. The Kier molecular flexibility index (Phi) is 3.47. The lowest BCUT2D eigenvalue weighted by Gasteiger charge is -2.58. The van der Waals surface area contributed by atoms with Crippen molar-refractivity contribution in [3.8, 4) is 0 Å². The fourth-order valence-electron chi connectivity index (χ4n) is 6.59. The molecule has 0 aromatic carbocycles. The predicted molar refractivity (Wildman–Crippen MR) is 93.4 cm³/mol. The Bertz CT molecular complexity index is 664. The molecule has 0 aliphatic heterocycles. The summed E-state index contributed by atoms with van der Waals surface area (Å²) >= 11 is 6.32. The molecule has 7 unspecified atom stereocenters. The molecular weight excluding hydrogens is 324 g/mol. The predicted octanol–water partition coefficient (Wildman–Crippen LogP) is 3.58. The molecule has 4 rings (SSSR count). The highest BCUT2D eigenvalue weighted by atomic mass is 35.5. The number of hydrogen-bond donors (Lipinski definition) is 2. The topological polar surface area (TPSA) is 57.5 Å². The van der Waals surface area contributed by atoms with E-state index in [0.717, 1.165) is 31.3 Å².